The van der Waals surface area contributed by atoms with Crippen molar-refractivity contribution in [3.8, 4) is 56.2 Å². The molecule has 0 saturated carbocycles. The van der Waals surface area contributed by atoms with Crippen molar-refractivity contribution in [2.75, 3.05) is 0 Å². The van der Waals surface area contributed by atoms with E-state index in [4.69, 9.17) is 9.97 Å². The van der Waals surface area contributed by atoms with E-state index in [2.05, 4.69) is 42.5 Å². The van der Waals surface area contributed by atoms with Crippen LogP contribution in [0.25, 0.3) is 88.5 Å². The molecular formula is C46H30N2. The minimum absolute atomic E-state index is 0.121. The first-order valence-electron chi connectivity index (χ1n) is 18.0. The first-order valence-corrected chi connectivity index (χ1v) is 16.0. The van der Waals surface area contributed by atoms with Gasteiger partial charge in [0, 0.05) is 16.7 Å². The van der Waals surface area contributed by atoms with Gasteiger partial charge in [-0.2, -0.15) is 0 Å². The molecule has 1 aromatic heterocycles. The van der Waals surface area contributed by atoms with Gasteiger partial charge in [0.2, 0.25) is 0 Å². The van der Waals surface area contributed by atoms with E-state index >= 15 is 0 Å². The van der Waals surface area contributed by atoms with Gasteiger partial charge in [-0.1, -0.05) is 176 Å². The molecule has 0 N–H and O–H groups in total. The molecule has 0 fully saturated rings. The van der Waals surface area contributed by atoms with Gasteiger partial charge in [-0.3, -0.25) is 0 Å². The highest BCUT2D eigenvalue weighted by Crippen LogP contribution is 2.46. The van der Waals surface area contributed by atoms with Gasteiger partial charge in [0.05, 0.1) is 16.9 Å². The Kier molecular flexibility index (Phi) is 5.85. The monoisotopic (exact) mass is 614 g/mol. The van der Waals surface area contributed by atoms with Crippen LogP contribution in [0.3, 0.4) is 0 Å². The van der Waals surface area contributed by atoms with Crippen LogP contribution < -0.4 is 0 Å². The van der Waals surface area contributed by atoms with Gasteiger partial charge in [-0.25, -0.2) is 9.97 Å². The van der Waals surface area contributed by atoms with Gasteiger partial charge in [0.15, 0.2) is 5.82 Å². The number of hydrogen-bond donors (Lipinski definition) is 0. The van der Waals surface area contributed by atoms with Crippen molar-refractivity contribution >= 4 is 32.3 Å². The summed E-state index contributed by atoms with van der Waals surface area (Å²) in [7, 11) is 0. The zero-order valence-electron chi connectivity index (χ0n) is 29.9. The summed E-state index contributed by atoms with van der Waals surface area (Å²) in [4.78, 5) is 9.75. The molecule has 9 aromatic rings. The normalized spacial score (nSPS) is 12.5. The molecule has 0 aliphatic heterocycles. The summed E-state index contributed by atoms with van der Waals surface area (Å²) >= 11 is 0. The molecule has 0 amide bonds. The Morgan fingerprint density at radius 2 is 0.854 bits per heavy atom. The Hall–Kier alpha value is -6.38. The molecule has 0 bridgehead atoms. The summed E-state index contributed by atoms with van der Waals surface area (Å²) in [6.45, 7) is 0. The average Bonchev–Trinajstić information content (AvgIpc) is 3.20. The van der Waals surface area contributed by atoms with Gasteiger partial charge in [-0.05, 0) is 60.6 Å². The lowest BCUT2D eigenvalue weighted by Gasteiger charge is -2.19. The van der Waals surface area contributed by atoms with Crippen LogP contribution in [0.1, 0.15) is 5.48 Å². The van der Waals surface area contributed by atoms with E-state index in [-0.39, 0.29) is 35.3 Å². The van der Waals surface area contributed by atoms with Gasteiger partial charge >= 0.3 is 0 Å². The first kappa shape index (κ1) is 23.9. The van der Waals surface area contributed by atoms with Crippen LogP contribution in [0.5, 0.6) is 0 Å². The maximum Gasteiger partial charge on any atom is 0.160 e. The Morgan fingerprint density at radius 3 is 1.52 bits per heavy atom. The van der Waals surface area contributed by atoms with E-state index in [9.17, 15) is 5.48 Å². The Labute approximate surface area is 285 Å². The molecule has 9 rings (SSSR count). The fourth-order valence-electron chi connectivity index (χ4n) is 6.74. The quantitative estimate of drug-likeness (QED) is 0.142. The van der Waals surface area contributed by atoms with Gasteiger partial charge < -0.3 is 0 Å². The fourth-order valence-corrected chi connectivity index (χ4v) is 6.74. The maximum atomic E-state index is 9.64. The smallest absolute Gasteiger partial charge is 0.160 e. The molecule has 8 aromatic carbocycles. The van der Waals surface area contributed by atoms with Crippen molar-refractivity contribution in [2.24, 2.45) is 0 Å². The number of aromatic nitrogens is 2. The highest BCUT2D eigenvalue weighted by atomic mass is 14.9. The van der Waals surface area contributed by atoms with E-state index in [1.165, 1.54) is 0 Å². The first-order chi connectivity index (χ1) is 25.5. The summed E-state index contributed by atoms with van der Waals surface area (Å²) in [5.74, 6) is 0.442. The van der Waals surface area contributed by atoms with Crippen molar-refractivity contribution in [3.05, 3.63) is 182 Å². The summed E-state index contributed by atoms with van der Waals surface area (Å²) in [6.07, 6.45) is 0. The summed E-state index contributed by atoms with van der Waals surface area (Å²) in [6, 6.07) is 51.3. The molecule has 0 atom stereocenters. The minimum atomic E-state index is -0.155. The molecule has 48 heavy (non-hydrogen) atoms. The molecule has 0 radical (unpaired) electrons. The molecule has 0 unspecified atom stereocenters. The molecule has 1 heterocycles. The van der Waals surface area contributed by atoms with E-state index in [0.717, 1.165) is 54.6 Å². The van der Waals surface area contributed by atoms with Crippen LogP contribution in [0.2, 0.25) is 0 Å². The lowest BCUT2D eigenvalue weighted by atomic mass is 9.84. The number of rotatable bonds is 5. The molecule has 0 spiro atoms. The van der Waals surface area contributed by atoms with Crippen LogP contribution in [-0.2, 0) is 0 Å². The molecule has 0 aliphatic rings. The second kappa shape index (κ2) is 11.8. The average molecular weight is 615 g/mol. The third-order valence-corrected chi connectivity index (χ3v) is 8.94. The predicted octanol–water partition coefficient (Wildman–Crippen LogP) is 12.3. The minimum Gasteiger partial charge on any atom is -0.228 e. The topological polar surface area (TPSA) is 25.8 Å². The van der Waals surface area contributed by atoms with Crippen LogP contribution in [0.15, 0.2) is 182 Å². The zero-order chi connectivity index (χ0) is 35.3. The van der Waals surface area contributed by atoms with Crippen molar-refractivity contribution in [2.45, 2.75) is 0 Å². The summed E-state index contributed by atoms with van der Waals surface area (Å²) in [5.41, 5.74) is 5.81. The van der Waals surface area contributed by atoms with Crippen molar-refractivity contribution in [3.63, 3.8) is 0 Å². The van der Waals surface area contributed by atoms with Crippen molar-refractivity contribution < 1.29 is 5.48 Å². The number of benzene rings is 8. The molecule has 0 saturated heterocycles. The molecule has 224 valence electrons. The predicted molar refractivity (Wildman–Crippen MR) is 202 cm³/mol. The number of hydrogen-bond acceptors (Lipinski definition) is 2. The highest BCUT2D eigenvalue weighted by molar-refractivity contribution is 6.27. The van der Waals surface area contributed by atoms with E-state index < -0.39 is 0 Å². The third kappa shape index (κ3) is 4.83. The highest BCUT2D eigenvalue weighted by Gasteiger charge is 2.19. The van der Waals surface area contributed by atoms with Crippen molar-refractivity contribution in [1.29, 1.82) is 0 Å². The molecular weight excluding hydrogens is 581 g/mol. The van der Waals surface area contributed by atoms with E-state index in [1.807, 2.05) is 109 Å². The summed E-state index contributed by atoms with van der Waals surface area (Å²) < 4.78 is 38.3. The Morgan fingerprint density at radius 1 is 0.354 bits per heavy atom. The molecule has 0 aliphatic carbocycles. The lowest BCUT2D eigenvalue weighted by molar-refractivity contribution is 1.18. The summed E-state index contributed by atoms with van der Waals surface area (Å²) in [5, 5.41) is 5.72. The third-order valence-electron chi connectivity index (χ3n) is 8.94. The van der Waals surface area contributed by atoms with Crippen LogP contribution in [0, 0.1) is 0 Å². The van der Waals surface area contributed by atoms with Gasteiger partial charge in [0.25, 0.3) is 0 Å². The maximum absolute atomic E-state index is 9.64. The molecule has 2 nitrogen and oxygen atoms in total. The second-order valence-electron chi connectivity index (χ2n) is 11.8. The van der Waals surface area contributed by atoms with Gasteiger partial charge in [0.1, 0.15) is 0 Å². The van der Waals surface area contributed by atoms with Crippen LogP contribution >= 0.6 is 0 Å². The fraction of sp³-hybridized carbons (Fsp3) is 0. The van der Waals surface area contributed by atoms with E-state index in [0.29, 0.717) is 22.8 Å². The number of fused-ring (bicyclic) bond motifs is 4. The molecule has 2 heteroatoms. The van der Waals surface area contributed by atoms with Gasteiger partial charge in [-0.15, -0.1) is 0 Å². The largest absolute Gasteiger partial charge is 0.228 e. The second-order valence-corrected chi connectivity index (χ2v) is 11.8. The van der Waals surface area contributed by atoms with Crippen LogP contribution in [0.4, 0.5) is 0 Å². The Bertz CT molecular complexity index is 2730. The SMILES string of the molecule is [2H]c1c([2H])c(-c2c3ccccc3c(-c3ccccc3)c3ccc4ccccc4c23)c([2H])c([2H])c1-c1cc(-c2ccccc2)nc(-c2ccccc2)n1. The standard InChI is InChI=1S/C46H30N2/c1-4-15-32(16-5-1)41-30-42(48-46(47-41)36-19-8-3-9-20-36)33-24-26-35(27-25-33)44-39-23-13-12-22-38(39)43(34-17-6-2-7-18-34)40-29-28-31-14-10-11-21-37(31)45(40)44/h1-30H/i24D,25D,26D,27D. The Balaban J connectivity index is 1.38. The van der Waals surface area contributed by atoms with E-state index in [1.54, 1.807) is 6.07 Å². The number of nitrogens with zero attached hydrogens (tertiary/aromatic N) is 2. The van der Waals surface area contributed by atoms with Crippen molar-refractivity contribution in [1.82, 2.24) is 9.97 Å². The zero-order valence-corrected chi connectivity index (χ0v) is 25.9. The lowest BCUT2D eigenvalue weighted by Crippen LogP contribution is -1.96. The van der Waals surface area contributed by atoms with Crippen LogP contribution in [-0.4, -0.2) is 9.97 Å².